The second-order valence-electron chi connectivity index (χ2n) is 2.93. The van der Waals surface area contributed by atoms with Gasteiger partial charge in [-0.25, -0.2) is 4.39 Å². The summed E-state index contributed by atoms with van der Waals surface area (Å²) in [6.07, 6.45) is 0. The van der Waals surface area contributed by atoms with Gasteiger partial charge in [-0.1, -0.05) is 0 Å². The molecule has 1 amide bonds. The predicted molar refractivity (Wildman–Crippen MR) is 52.4 cm³/mol. The topological polar surface area (TPSA) is 89.3 Å². The SMILES string of the molecule is CC(=O)C(=O)Nc1ccc(F)cc1[N+](=O)[O-]. The number of carbonyl (C=O) groups is 2. The average Bonchev–Trinajstić information content (AvgIpc) is 2.20. The number of benzene rings is 1. The van der Waals surface area contributed by atoms with Gasteiger partial charge in [0, 0.05) is 6.92 Å². The lowest BCUT2D eigenvalue weighted by molar-refractivity contribution is -0.384. The van der Waals surface area contributed by atoms with Crippen molar-refractivity contribution in [2.45, 2.75) is 6.92 Å². The largest absolute Gasteiger partial charge is 0.314 e. The van der Waals surface area contributed by atoms with Crippen molar-refractivity contribution in [3.05, 3.63) is 34.1 Å². The summed E-state index contributed by atoms with van der Waals surface area (Å²) in [6.45, 7) is 1.02. The van der Waals surface area contributed by atoms with E-state index in [9.17, 15) is 24.1 Å². The number of hydrogen-bond acceptors (Lipinski definition) is 4. The molecule has 0 aliphatic heterocycles. The Bertz CT molecular complexity index is 473. The zero-order valence-corrected chi connectivity index (χ0v) is 8.19. The normalized spacial score (nSPS) is 9.62. The maximum absolute atomic E-state index is 12.7. The summed E-state index contributed by atoms with van der Waals surface area (Å²) in [6, 6.07) is 2.63. The van der Waals surface area contributed by atoms with Crippen molar-refractivity contribution >= 4 is 23.1 Å². The minimum absolute atomic E-state index is 0.216. The first-order valence-electron chi connectivity index (χ1n) is 4.17. The number of nitro benzene ring substituents is 1. The fourth-order valence-corrected chi connectivity index (χ4v) is 0.972. The number of ketones is 1. The van der Waals surface area contributed by atoms with Crippen molar-refractivity contribution in [3.8, 4) is 0 Å². The lowest BCUT2D eigenvalue weighted by Crippen LogP contribution is -2.20. The van der Waals surface area contributed by atoms with E-state index in [0.29, 0.717) is 6.07 Å². The molecule has 0 atom stereocenters. The van der Waals surface area contributed by atoms with Gasteiger partial charge in [-0.2, -0.15) is 0 Å². The van der Waals surface area contributed by atoms with E-state index >= 15 is 0 Å². The molecule has 0 aliphatic rings. The molecular weight excluding hydrogens is 219 g/mol. The number of nitro groups is 1. The summed E-state index contributed by atoms with van der Waals surface area (Å²) in [4.78, 5) is 31.3. The maximum atomic E-state index is 12.7. The number of nitrogens with one attached hydrogen (secondary N) is 1. The van der Waals surface area contributed by atoms with Crippen molar-refractivity contribution in [1.29, 1.82) is 0 Å². The van der Waals surface area contributed by atoms with E-state index in [-0.39, 0.29) is 5.69 Å². The predicted octanol–water partition coefficient (Wildman–Crippen LogP) is 1.26. The van der Waals surface area contributed by atoms with Crippen LogP contribution >= 0.6 is 0 Å². The molecule has 0 fully saturated rings. The second-order valence-corrected chi connectivity index (χ2v) is 2.93. The Labute approximate surface area is 89.2 Å². The van der Waals surface area contributed by atoms with Crippen LogP contribution < -0.4 is 5.32 Å². The summed E-state index contributed by atoms with van der Waals surface area (Å²) in [7, 11) is 0. The van der Waals surface area contributed by atoms with Crippen molar-refractivity contribution in [2.75, 3.05) is 5.32 Å². The third-order valence-electron chi connectivity index (χ3n) is 1.72. The Balaban J connectivity index is 3.09. The number of carbonyl (C=O) groups excluding carboxylic acids is 2. The monoisotopic (exact) mass is 226 g/mol. The number of anilines is 1. The van der Waals surface area contributed by atoms with Crippen LogP contribution in [0, 0.1) is 15.9 Å². The fraction of sp³-hybridized carbons (Fsp3) is 0.111. The minimum atomic E-state index is -0.991. The van der Waals surface area contributed by atoms with Gasteiger partial charge in [0.1, 0.15) is 11.5 Å². The Morgan fingerprint density at radius 2 is 2.06 bits per heavy atom. The molecule has 84 valence electrons. The quantitative estimate of drug-likeness (QED) is 0.477. The summed E-state index contributed by atoms with van der Waals surface area (Å²) in [5.74, 6) is -2.58. The molecule has 0 heterocycles. The van der Waals surface area contributed by atoms with Crippen molar-refractivity contribution < 1.29 is 18.9 Å². The number of Topliss-reactive ketones (excluding diaryl/α,β-unsaturated/α-hetero) is 1. The molecule has 1 aromatic rings. The zero-order chi connectivity index (χ0) is 12.3. The molecule has 0 spiro atoms. The minimum Gasteiger partial charge on any atom is -0.314 e. The van der Waals surface area contributed by atoms with E-state index in [2.05, 4.69) is 0 Å². The average molecular weight is 226 g/mol. The van der Waals surface area contributed by atoms with Gasteiger partial charge in [-0.3, -0.25) is 19.7 Å². The molecule has 6 nitrogen and oxygen atoms in total. The van der Waals surface area contributed by atoms with Gasteiger partial charge in [0.25, 0.3) is 11.6 Å². The molecule has 0 bridgehead atoms. The van der Waals surface area contributed by atoms with Crippen LogP contribution in [-0.4, -0.2) is 16.6 Å². The number of rotatable bonds is 3. The van der Waals surface area contributed by atoms with Crippen molar-refractivity contribution in [1.82, 2.24) is 0 Å². The Morgan fingerprint density at radius 1 is 1.44 bits per heavy atom. The lowest BCUT2D eigenvalue weighted by atomic mass is 10.2. The molecule has 0 unspecified atom stereocenters. The van der Waals surface area contributed by atoms with Crippen LogP contribution in [0.4, 0.5) is 15.8 Å². The molecule has 1 N–H and O–H groups in total. The third-order valence-corrected chi connectivity index (χ3v) is 1.72. The first kappa shape index (κ1) is 11.8. The summed E-state index contributed by atoms with van der Waals surface area (Å²) in [5.41, 5.74) is -0.818. The number of amides is 1. The van der Waals surface area contributed by atoms with E-state index < -0.39 is 28.1 Å². The molecule has 7 heteroatoms. The number of hydrogen-bond donors (Lipinski definition) is 1. The van der Waals surface area contributed by atoms with Gasteiger partial charge in [-0.15, -0.1) is 0 Å². The van der Waals surface area contributed by atoms with E-state index in [1.165, 1.54) is 0 Å². The van der Waals surface area contributed by atoms with E-state index in [0.717, 1.165) is 19.1 Å². The van der Waals surface area contributed by atoms with Crippen LogP contribution in [0.5, 0.6) is 0 Å². The molecule has 0 radical (unpaired) electrons. The Kier molecular flexibility index (Phi) is 3.29. The summed E-state index contributed by atoms with van der Waals surface area (Å²) < 4.78 is 12.7. The first-order valence-corrected chi connectivity index (χ1v) is 4.17. The molecular formula is C9H7FN2O4. The maximum Gasteiger partial charge on any atom is 0.295 e. The van der Waals surface area contributed by atoms with Crippen LogP contribution in [-0.2, 0) is 9.59 Å². The highest BCUT2D eigenvalue weighted by Crippen LogP contribution is 2.24. The first-order chi connectivity index (χ1) is 7.41. The highest BCUT2D eigenvalue weighted by molar-refractivity contribution is 6.39. The Hall–Kier alpha value is -2.31. The van der Waals surface area contributed by atoms with Gasteiger partial charge in [0.15, 0.2) is 0 Å². The lowest BCUT2D eigenvalue weighted by Gasteiger charge is -2.03. The van der Waals surface area contributed by atoms with Crippen molar-refractivity contribution in [3.63, 3.8) is 0 Å². The number of nitrogens with zero attached hydrogens (tertiary/aromatic N) is 1. The van der Waals surface area contributed by atoms with Crippen LogP contribution in [0.15, 0.2) is 18.2 Å². The fourth-order valence-electron chi connectivity index (χ4n) is 0.972. The third kappa shape index (κ3) is 2.59. The van der Waals surface area contributed by atoms with Gasteiger partial charge in [0.2, 0.25) is 5.78 Å². The van der Waals surface area contributed by atoms with Gasteiger partial charge in [0.05, 0.1) is 11.0 Å². The number of halogens is 1. The van der Waals surface area contributed by atoms with Crippen LogP contribution in [0.1, 0.15) is 6.92 Å². The molecule has 0 saturated carbocycles. The summed E-state index contributed by atoms with van der Waals surface area (Å²) in [5, 5.41) is 12.5. The van der Waals surface area contributed by atoms with Crippen molar-refractivity contribution in [2.24, 2.45) is 0 Å². The van der Waals surface area contributed by atoms with E-state index in [4.69, 9.17) is 0 Å². The van der Waals surface area contributed by atoms with Gasteiger partial charge < -0.3 is 5.32 Å². The molecule has 0 saturated heterocycles. The van der Waals surface area contributed by atoms with Crippen LogP contribution in [0.2, 0.25) is 0 Å². The standard InChI is InChI=1S/C9H7FN2O4/c1-5(13)9(14)11-7-3-2-6(10)4-8(7)12(15)16/h2-4H,1H3,(H,11,14). The van der Waals surface area contributed by atoms with Gasteiger partial charge in [-0.05, 0) is 12.1 Å². The van der Waals surface area contributed by atoms with E-state index in [1.54, 1.807) is 0 Å². The van der Waals surface area contributed by atoms with Crippen LogP contribution in [0.25, 0.3) is 0 Å². The van der Waals surface area contributed by atoms with Gasteiger partial charge >= 0.3 is 0 Å². The Morgan fingerprint density at radius 3 is 2.56 bits per heavy atom. The smallest absolute Gasteiger partial charge is 0.295 e. The molecule has 0 aromatic heterocycles. The highest BCUT2D eigenvalue weighted by Gasteiger charge is 2.18. The molecule has 1 aromatic carbocycles. The van der Waals surface area contributed by atoms with Crippen LogP contribution in [0.3, 0.4) is 0 Å². The second kappa shape index (κ2) is 4.47. The zero-order valence-electron chi connectivity index (χ0n) is 8.19. The molecule has 16 heavy (non-hydrogen) atoms. The molecule has 0 aliphatic carbocycles. The summed E-state index contributed by atoms with van der Waals surface area (Å²) >= 11 is 0. The highest BCUT2D eigenvalue weighted by atomic mass is 19.1. The molecule has 1 rings (SSSR count). The van der Waals surface area contributed by atoms with E-state index in [1.807, 2.05) is 5.32 Å².